The number of nitrogen functional groups attached to an aromatic ring is 1. The van der Waals surface area contributed by atoms with Crippen LogP contribution in [0.3, 0.4) is 0 Å². The van der Waals surface area contributed by atoms with Gasteiger partial charge in [-0.3, -0.25) is 9.78 Å². The number of aliphatic hydroxyl groups is 1. The number of aromatic nitrogens is 2. The number of nitrogens with two attached hydrogens (primary N) is 2. The zero-order chi connectivity index (χ0) is 28.8. The van der Waals surface area contributed by atoms with Crippen LogP contribution in [-0.4, -0.2) is 66.5 Å². The summed E-state index contributed by atoms with van der Waals surface area (Å²) in [4.78, 5) is 23.2. The van der Waals surface area contributed by atoms with Gasteiger partial charge in [0.2, 0.25) is 0 Å². The van der Waals surface area contributed by atoms with Crippen LogP contribution < -0.4 is 21.7 Å². The number of rotatable bonds is 6. The molecule has 0 saturated carbocycles. The summed E-state index contributed by atoms with van der Waals surface area (Å²) in [6, 6.07) is 4.02. The van der Waals surface area contributed by atoms with E-state index in [0.717, 1.165) is 18.2 Å². The van der Waals surface area contributed by atoms with E-state index in [1.165, 1.54) is 19.5 Å². The first-order valence-electron chi connectivity index (χ1n) is 12.6. The van der Waals surface area contributed by atoms with Crippen LogP contribution >= 0.6 is 0 Å². The van der Waals surface area contributed by atoms with Crippen molar-refractivity contribution < 1.29 is 32.5 Å². The topological polar surface area (TPSA) is 149 Å². The molecular formula is C27H29F3N6O4. The summed E-state index contributed by atoms with van der Waals surface area (Å²) in [5.41, 5.74) is 9.81. The van der Waals surface area contributed by atoms with E-state index in [0.29, 0.717) is 18.8 Å². The predicted molar refractivity (Wildman–Crippen MR) is 141 cm³/mol. The number of piperidine rings is 1. The van der Waals surface area contributed by atoms with E-state index in [9.17, 15) is 14.3 Å². The van der Waals surface area contributed by atoms with E-state index in [1.54, 1.807) is 6.07 Å². The summed E-state index contributed by atoms with van der Waals surface area (Å²) in [5, 5.41) is 12.9. The van der Waals surface area contributed by atoms with Crippen LogP contribution in [0.2, 0.25) is 0 Å². The first-order chi connectivity index (χ1) is 19.0. The highest BCUT2D eigenvalue weighted by atomic mass is 19.1. The molecule has 2 saturated heterocycles. The fourth-order valence-corrected chi connectivity index (χ4v) is 5.06. The lowest BCUT2D eigenvalue weighted by atomic mass is 9.90. The summed E-state index contributed by atoms with van der Waals surface area (Å²) in [6.07, 6.45) is 2.27. The Bertz CT molecular complexity index is 1410. The summed E-state index contributed by atoms with van der Waals surface area (Å²) in [5.74, 6) is -4.26. The van der Waals surface area contributed by atoms with E-state index in [-0.39, 0.29) is 36.1 Å². The molecule has 6 N–H and O–H groups in total. The molecule has 0 bridgehead atoms. The third-order valence-corrected chi connectivity index (χ3v) is 7.43. The summed E-state index contributed by atoms with van der Waals surface area (Å²) >= 11 is 0. The molecule has 0 unspecified atom stereocenters. The van der Waals surface area contributed by atoms with Gasteiger partial charge in [-0.25, -0.2) is 18.2 Å². The third-order valence-electron chi connectivity index (χ3n) is 7.43. The molecule has 3 aromatic rings. The molecule has 1 aromatic carbocycles. The van der Waals surface area contributed by atoms with E-state index in [4.69, 9.17) is 20.9 Å². The lowest BCUT2D eigenvalue weighted by molar-refractivity contribution is -0.202. The average molecular weight is 559 g/mol. The van der Waals surface area contributed by atoms with Crippen molar-refractivity contribution in [3.05, 3.63) is 65.4 Å². The predicted octanol–water partition coefficient (Wildman–Crippen LogP) is 2.41. The number of amides is 1. The van der Waals surface area contributed by atoms with Crippen LogP contribution in [0.5, 0.6) is 0 Å². The van der Waals surface area contributed by atoms with Gasteiger partial charge in [-0.1, -0.05) is 6.92 Å². The van der Waals surface area contributed by atoms with E-state index < -0.39 is 58.1 Å². The second-order valence-corrected chi connectivity index (χ2v) is 10.1. The van der Waals surface area contributed by atoms with Crippen LogP contribution in [0, 0.1) is 23.4 Å². The molecule has 40 heavy (non-hydrogen) atoms. The highest BCUT2D eigenvalue weighted by Gasteiger charge is 2.42. The molecule has 13 heteroatoms. The normalized spacial score (nSPS) is 22.1. The highest BCUT2D eigenvalue weighted by molar-refractivity contribution is 6.08. The quantitative estimate of drug-likeness (QED) is 0.358. The minimum Gasteiger partial charge on any atom is -0.397 e. The molecule has 3 atom stereocenters. The molecule has 2 fully saturated rings. The van der Waals surface area contributed by atoms with Crippen molar-refractivity contribution in [1.82, 2.24) is 9.97 Å². The Balaban J connectivity index is 1.47. The fraction of sp³-hybridized carbons (Fsp3) is 0.370. The van der Waals surface area contributed by atoms with Crippen molar-refractivity contribution in [2.45, 2.75) is 24.7 Å². The number of nitrogens with zero attached hydrogens (tertiary/aromatic N) is 3. The van der Waals surface area contributed by atoms with Crippen LogP contribution in [0.1, 0.15) is 23.0 Å². The second kappa shape index (κ2) is 10.7. The zero-order valence-electron chi connectivity index (χ0n) is 21.8. The molecule has 212 valence electrons. The lowest BCUT2D eigenvalue weighted by Gasteiger charge is -2.40. The van der Waals surface area contributed by atoms with Crippen LogP contribution in [0.25, 0.3) is 11.3 Å². The molecule has 2 aliphatic rings. The zero-order valence-corrected chi connectivity index (χ0v) is 21.8. The van der Waals surface area contributed by atoms with Gasteiger partial charge in [0, 0.05) is 44.4 Å². The number of hydrogen-bond donors (Lipinski definition) is 4. The van der Waals surface area contributed by atoms with Gasteiger partial charge >= 0.3 is 0 Å². The highest BCUT2D eigenvalue weighted by Crippen LogP contribution is 2.38. The van der Waals surface area contributed by atoms with E-state index in [1.807, 2.05) is 11.8 Å². The van der Waals surface area contributed by atoms with Crippen molar-refractivity contribution in [2.75, 3.05) is 49.4 Å². The second-order valence-electron chi connectivity index (χ2n) is 10.1. The summed E-state index contributed by atoms with van der Waals surface area (Å²) < 4.78 is 55.9. The van der Waals surface area contributed by atoms with Crippen molar-refractivity contribution in [3.8, 4) is 11.3 Å². The monoisotopic (exact) mass is 558 g/mol. The van der Waals surface area contributed by atoms with Gasteiger partial charge in [-0.15, -0.1) is 0 Å². The maximum atomic E-state index is 15.2. The number of hydrogen-bond acceptors (Lipinski definition) is 9. The fourth-order valence-electron chi connectivity index (χ4n) is 5.06. The molecule has 2 aromatic heterocycles. The Morgan fingerprint density at radius 3 is 2.50 bits per heavy atom. The van der Waals surface area contributed by atoms with E-state index in [2.05, 4.69) is 15.3 Å². The molecular weight excluding hydrogens is 529 g/mol. The summed E-state index contributed by atoms with van der Waals surface area (Å²) in [6.45, 7) is 2.87. The van der Waals surface area contributed by atoms with Gasteiger partial charge in [0.25, 0.3) is 5.91 Å². The van der Waals surface area contributed by atoms with Crippen LogP contribution in [-0.2, 0) is 15.1 Å². The lowest BCUT2D eigenvalue weighted by Crippen LogP contribution is -2.55. The van der Waals surface area contributed by atoms with E-state index >= 15 is 8.78 Å². The molecule has 0 aliphatic carbocycles. The number of carbonyl (C=O) groups is 1. The number of nitrogens with one attached hydrogen (secondary N) is 1. The first kappa shape index (κ1) is 27.8. The Labute approximate surface area is 228 Å². The Kier molecular flexibility index (Phi) is 7.40. The number of aliphatic hydroxyl groups excluding tert-OH is 1. The molecule has 2 aliphatic heterocycles. The Morgan fingerprint density at radius 2 is 1.90 bits per heavy atom. The number of carbonyl (C=O) groups excluding carboxylic acids is 1. The van der Waals surface area contributed by atoms with Crippen molar-refractivity contribution in [2.24, 2.45) is 11.7 Å². The van der Waals surface area contributed by atoms with Gasteiger partial charge in [-0.2, -0.15) is 0 Å². The molecule has 4 heterocycles. The standard InChI is InChI=1S/C27H29F3N6O4/c1-13-9-36(10-19(32)25(13)37)21-3-4-33-8-20(21)34-26(38)24-18(31)7-17(30)23(35-24)22-15(28)5-14(6-16(22)29)27(39-2)11-40-12-27/h3-8,13,19,25,37H,9-12,31-32H2,1-2H3,(H,34,38)/t13-,19+,25+/m0/s1. The maximum Gasteiger partial charge on any atom is 0.276 e. The average Bonchev–Trinajstić information content (AvgIpc) is 2.87. The number of halogens is 3. The SMILES string of the molecule is COC1(c2cc(F)c(-c3nc(C(=O)Nc4cnccc4N4C[C@@H](N)[C@H](O)[C@@H](C)C4)c(N)cc3F)c(F)c2)COC1. The molecule has 0 radical (unpaired) electrons. The summed E-state index contributed by atoms with van der Waals surface area (Å²) in [7, 11) is 1.40. The number of pyridine rings is 2. The number of methoxy groups -OCH3 is 1. The molecule has 10 nitrogen and oxygen atoms in total. The Hall–Kier alpha value is -3.78. The first-order valence-corrected chi connectivity index (χ1v) is 12.6. The van der Waals surface area contributed by atoms with Crippen LogP contribution in [0.15, 0.2) is 36.7 Å². The van der Waals surface area contributed by atoms with Gasteiger partial charge in [0.15, 0.2) is 11.5 Å². The smallest absolute Gasteiger partial charge is 0.276 e. The third kappa shape index (κ3) is 4.85. The molecule has 0 spiro atoms. The number of anilines is 3. The van der Waals surface area contributed by atoms with Crippen LogP contribution in [0.4, 0.5) is 30.2 Å². The minimum atomic E-state index is -1.11. The van der Waals surface area contributed by atoms with Gasteiger partial charge < -0.3 is 36.3 Å². The largest absolute Gasteiger partial charge is 0.397 e. The maximum absolute atomic E-state index is 15.2. The van der Waals surface area contributed by atoms with Crippen molar-refractivity contribution in [3.63, 3.8) is 0 Å². The van der Waals surface area contributed by atoms with Gasteiger partial charge in [0.1, 0.15) is 22.9 Å². The minimum absolute atomic E-state index is 0.111. The number of ether oxygens (including phenoxy) is 2. The van der Waals surface area contributed by atoms with Crippen molar-refractivity contribution in [1.29, 1.82) is 0 Å². The van der Waals surface area contributed by atoms with Crippen molar-refractivity contribution >= 4 is 23.0 Å². The van der Waals surface area contributed by atoms with Gasteiger partial charge in [-0.05, 0) is 23.8 Å². The Morgan fingerprint density at radius 1 is 1.20 bits per heavy atom. The molecule has 5 rings (SSSR count). The number of benzene rings is 1. The molecule has 1 amide bonds. The van der Waals surface area contributed by atoms with Gasteiger partial charge in [0.05, 0.1) is 48.1 Å².